The van der Waals surface area contributed by atoms with E-state index in [1.807, 2.05) is 17.8 Å². The Labute approximate surface area is 175 Å². The average molecular weight is 414 g/mol. The smallest absolute Gasteiger partial charge is 0.225 e. The Hall–Kier alpha value is -1.99. The number of rotatable bonds is 4. The van der Waals surface area contributed by atoms with Gasteiger partial charge in [-0.05, 0) is 49.5 Å². The van der Waals surface area contributed by atoms with Gasteiger partial charge in [0.1, 0.15) is 17.7 Å². The minimum absolute atomic E-state index is 0.137. The van der Waals surface area contributed by atoms with Gasteiger partial charge < -0.3 is 19.5 Å². The molecule has 6 nitrogen and oxygen atoms in total. The highest BCUT2D eigenvalue weighted by Gasteiger charge is 2.30. The Kier molecular flexibility index (Phi) is 5.50. The molecule has 1 aliphatic carbocycles. The molecule has 0 aromatic carbocycles. The molecule has 1 saturated heterocycles. The van der Waals surface area contributed by atoms with Crippen molar-refractivity contribution in [3.05, 3.63) is 29.8 Å². The second-order valence-electron chi connectivity index (χ2n) is 8.08. The fraction of sp³-hybridized carbons (Fsp3) is 0.545. The predicted octanol–water partition coefficient (Wildman–Crippen LogP) is 4.13. The molecule has 4 heterocycles. The standard InChI is InChI=1S/C22H27N3O3S/c26-16-12-18-19(23-14-16)13-21(25-7-9-27-10-8-25)24-22(18)28-17-5-3-15(4-6-17)20-2-1-11-29-20/h1,11-15,17,20,26H,2-10H2/t15-,17+,20?. The predicted molar refractivity (Wildman–Crippen MR) is 116 cm³/mol. The number of ether oxygens (including phenoxy) is 2. The summed E-state index contributed by atoms with van der Waals surface area (Å²) in [4.78, 5) is 11.5. The van der Waals surface area contributed by atoms with E-state index < -0.39 is 0 Å². The van der Waals surface area contributed by atoms with Crippen molar-refractivity contribution in [2.24, 2.45) is 5.92 Å². The SMILES string of the molecule is Oc1cnc2cc(N3CCOCC3)nc(O[C@H]3CC[C@@H](C4CC=CS4)CC3)c2c1. The summed E-state index contributed by atoms with van der Waals surface area (Å²) in [5, 5.41) is 13.7. The van der Waals surface area contributed by atoms with E-state index in [9.17, 15) is 5.11 Å². The molecule has 154 valence electrons. The third-order valence-electron chi connectivity index (χ3n) is 6.19. The molecule has 2 fully saturated rings. The van der Waals surface area contributed by atoms with Gasteiger partial charge in [-0.2, -0.15) is 4.98 Å². The van der Waals surface area contributed by atoms with Crippen LogP contribution in [0.2, 0.25) is 0 Å². The summed E-state index contributed by atoms with van der Waals surface area (Å²) in [6, 6.07) is 3.69. The molecular formula is C22H27N3O3S. The molecule has 1 N–H and O–H groups in total. The number of allylic oxidation sites excluding steroid dienone is 1. The lowest BCUT2D eigenvalue weighted by Gasteiger charge is -2.32. The first-order valence-electron chi connectivity index (χ1n) is 10.6. The van der Waals surface area contributed by atoms with Gasteiger partial charge in [0, 0.05) is 24.4 Å². The topological polar surface area (TPSA) is 67.7 Å². The minimum Gasteiger partial charge on any atom is -0.506 e. The van der Waals surface area contributed by atoms with E-state index in [-0.39, 0.29) is 11.9 Å². The van der Waals surface area contributed by atoms with Crippen LogP contribution in [0.15, 0.2) is 29.8 Å². The lowest BCUT2D eigenvalue weighted by Crippen LogP contribution is -2.36. The fourth-order valence-electron chi connectivity index (χ4n) is 4.56. The number of thioether (sulfide) groups is 1. The van der Waals surface area contributed by atoms with E-state index in [0.717, 1.165) is 53.8 Å². The van der Waals surface area contributed by atoms with Gasteiger partial charge in [-0.25, -0.2) is 0 Å². The number of aromatic hydroxyl groups is 1. The van der Waals surface area contributed by atoms with Crippen molar-refractivity contribution in [2.75, 3.05) is 31.2 Å². The van der Waals surface area contributed by atoms with E-state index in [2.05, 4.69) is 21.4 Å². The van der Waals surface area contributed by atoms with E-state index in [4.69, 9.17) is 14.5 Å². The molecule has 0 bridgehead atoms. The maximum Gasteiger partial charge on any atom is 0.225 e. The number of hydrogen-bond donors (Lipinski definition) is 1. The summed E-state index contributed by atoms with van der Waals surface area (Å²) in [7, 11) is 0. The molecule has 1 atom stereocenters. The molecule has 3 aliphatic rings. The molecule has 1 saturated carbocycles. The molecular weight excluding hydrogens is 386 g/mol. The van der Waals surface area contributed by atoms with Crippen LogP contribution in [-0.4, -0.2) is 52.7 Å². The highest BCUT2D eigenvalue weighted by atomic mass is 32.2. The third kappa shape index (κ3) is 4.16. The Morgan fingerprint density at radius 3 is 2.72 bits per heavy atom. The van der Waals surface area contributed by atoms with Crippen LogP contribution >= 0.6 is 11.8 Å². The monoisotopic (exact) mass is 413 g/mol. The fourth-order valence-corrected chi connectivity index (χ4v) is 5.70. The van der Waals surface area contributed by atoms with Gasteiger partial charge in [0.15, 0.2) is 0 Å². The number of aromatic nitrogens is 2. The van der Waals surface area contributed by atoms with Crippen LogP contribution in [0, 0.1) is 5.92 Å². The second-order valence-corrected chi connectivity index (χ2v) is 9.23. The zero-order valence-corrected chi connectivity index (χ0v) is 17.3. The molecule has 2 aliphatic heterocycles. The van der Waals surface area contributed by atoms with Crippen molar-refractivity contribution >= 4 is 28.5 Å². The number of nitrogens with zero attached hydrogens (tertiary/aromatic N) is 3. The third-order valence-corrected chi connectivity index (χ3v) is 7.47. The Balaban J connectivity index is 1.36. The summed E-state index contributed by atoms with van der Waals surface area (Å²) in [6.07, 6.45) is 9.67. The number of hydrogen-bond acceptors (Lipinski definition) is 7. The zero-order valence-electron chi connectivity index (χ0n) is 16.5. The molecule has 2 aromatic heterocycles. The number of pyridine rings is 2. The van der Waals surface area contributed by atoms with Crippen LogP contribution in [0.1, 0.15) is 32.1 Å². The highest BCUT2D eigenvalue weighted by molar-refractivity contribution is 8.03. The molecule has 2 aromatic rings. The molecule has 0 spiro atoms. The summed E-state index contributed by atoms with van der Waals surface area (Å²) in [5.74, 6) is 2.38. The molecule has 7 heteroatoms. The van der Waals surface area contributed by atoms with Gasteiger partial charge >= 0.3 is 0 Å². The van der Waals surface area contributed by atoms with E-state index >= 15 is 0 Å². The summed E-state index contributed by atoms with van der Waals surface area (Å²) >= 11 is 1.99. The van der Waals surface area contributed by atoms with Crippen molar-refractivity contribution in [1.29, 1.82) is 0 Å². The Morgan fingerprint density at radius 1 is 1.14 bits per heavy atom. The Bertz CT molecular complexity index is 884. The second kappa shape index (κ2) is 8.40. The van der Waals surface area contributed by atoms with Crippen LogP contribution in [-0.2, 0) is 4.74 Å². The van der Waals surface area contributed by atoms with Crippen molar-refractivity contribution in [3.63, 3.8) is 0 Å². The van der Waals surface area contributed by atoms with Crippen LogP contribution in [0.4, 0.5) is 5.82 Å². The van der Waals surface area contributed by atoms with Gasteiger partial charge in [0.25, 0.3) is 0 Å². The van der Waals surface area contributed by atoms with Crippen LogP contribution < -0.4 is 9.64 Å². The first-order valence-corrected chi connectivity index (χ1v) is 11.5. The van der Waals surface area contributed by atoms with E-state index in [1.165, 1.54) is 25.5 Å². The van der Waals surface area contributed by atoms with Crippen LogP contribution in [0.3, 0.4) is 0 Å². The number of fused-ring (bicyclic) bond motifs is 1. The van der Waals surface area contributed by atoms with Crippen molar-refractivity contribution < 1.29 is 14.6 Å². The maximum atomic E-state index is 9.95. The van der Waals surface area contributed by atoms with E-state index in [1.54, 1.807) is 6.07 Å². The first kappa shape index (κ1) is 19.0. The van der Waals surface area contributed by atoms with Crippen molar-refractivity contribution in [1.82, 2.24) is 9.97 Å². The molecule has 0 amide bonds. The molecule has 0 radical (unpaired) electrons. The van der Waals surface area contributed by atoms with Gasteiger partial charge in [-0.3, -0.25) is 4.98 Å². The van der Waals surface area contributed by atoms with E-state index in [0.29, 0.717) is 19.1 Å². The molecule has 5 rings (SSSR count). The van der Waals surface area contributed by atoms with Crippen molar-refractivity contribution in [2.45, 2.75) is 43.5 Å². The van der Waals surface area contributed by atoms with Crippen LogP contribution in [0.5, 0.6) is 11.6 Å². The van der Waals surface area contributed by atoms with Gasteiger partial charge in [0.2, 0.25) is 5.88 Å². The average Bonchev–Trinajstić information content (AvgIpc) is 3.30. The zero-order chi connectivity index (χ0) is 19.6. The highest BCUT2D eigenvalue weighted by Crippen LogP contribution is 2.40. The normalized spacial score (nSPS) is 27.4. The largest absolute Gasteiger partial charge is 0.506 e. The van der Waals surface area contributed by atoms with Gasteiger partial charge in [-0.1, -0.05) is 6.08 Å². The Morgan fingerprint density at radius 2 is 1.97 bits per heavy atom. The summed E-state index contributed by atoms with van der Waals surface area (Å²) in [6.45, 7) is 3.04. The van der Waals surface area contributed by atoms with Gasteiger partial charge in [0.05, 0.1) is 30.3 Å². The van der Waals surface area contributed by atoms with Crippen LogP contribution in [0.25, 0.3) is 10.9 Å². The first-order chi connectivity index (χ1) is 14.3. The molecule has 29 heavy (non-hydrogen) atoms. The summed E-state index contributed by atoms with van der Waals surface area (Å²) in [5.41, 5.74) is 0.802. The lowest BCUT2D eigenvalue weighted by molar-refractivity contribution is 0.120. The number of morpholine rings is 1. The number of anilines is 1. The quantitative estimate of drug-likeness (QED) is 0.808. The molecule has 1 unspecified atom stereocenters. The lowest BCUT2D eigenvalue weighted by atomic mass is 9.84. The van der Waals surface area contributed by atoms with Crippen molar-refractivity contribution in [3.8, 4) is 11.6 Å². The minimum atomic E-state index is 0.137. The van der Waals surface area contributed by atoms with Gasteiger partial charge in [-0.15, -0.1) is 11.8 Å². The maximum absolute atomic E-state index is 9.95. The summed E-state index contributed by atoms with van der Waals surface area (Å²) < 4.78 is 11.9.